The van der Waals surface area contributed by atoms with E-state index in [1.807, 2.05) is 0 Å². The van der Waals surface area contributed by atoms with E-state index in [4.69, 9.17) is 17.3 Å². The standard InChI is InChI=1S/C29H36ClN3O7/c1-28(7-5-4-6-8-28)32-12-14-11-17(34)19-15(21(14)30)9-13-10-16-22(33(2)3)24(36)20(27(31)39)26(38)29(16,40)25(37)18(13)23(19)35/h11,13,16,22,32,34-35,38,40H,4-10,12H2,1-3H3,(H2,31,39)/t13-,16-,22-,29-/m0/s1. The van der Waals surface area contributed by atoms with Crippen molar-refractivity contribution >= 4 is 34.8 Å². The number of benzene rings is 1. The molecule has 0 spiro atoms. The summed E-state index contributed by atoms with van der Waals surface area (Å²) in [7, 11) is 3.13. The highest BCUT2D eigenvalue weighted by atomic mass is 35.5. The molecule has 2 fully saturated rings. The monoisotopic (exact) mass is 573 g/mol. The van der Waals surface area contributed by atoms with Crippen molar-refractivity contribution < 1.29 is 34.8 Å². The fourth-order valence-electron chi connectivity index (χ4n) is 7.29. The van der Waals surface area contributed by atoms with E-state index in [0.29, 0.717) is 22.7 Å². The van der Waals surface area contributed by atoms with Crippen LogP contribution in [0.2, 0.25) is 5.02 Å². The van der Waals surface area contributed by atoms with E-state index in [2.05, 4.69) is 12.2 Å². The van der Waals surface area contributed by atoms with Crippen LogP contribution in [0.5, 0.6) is 5.75 Å². The summed E-state index contributed by atoms with van der Waals surface area (Å²) in [4.78, 5) is 40.7. The SMILES string of the molecule is CN(C)[C@@H]1C(=O)C(C(N)=O)=C(O)[C@@]2(O)C(=O)C3=C(O)c4c(O)cc(CNC5(C)CCCCC5)c(Cl)c4C[C@H]3C[C@@H]12. The minimum absolute atomic E-state index is 0.00563. The normalized spacial score (nSPS) is 29.8. The van der Waals surface area contributed by atoms with Crippen LogP contribution in [0.25, 0.3) is 5.76 Å². The largest absolute Gasteiger partial charge is 0.508 e. The number of halogens is 1. The number of hydrogen-bond acceptors (Lipinski definition) is 9. The number of aliphatic hydroxyl groups is 3. The first-order valence-corrected chi connectivity index (χ1v) is 14.0. The number of aliphatic hydroxyl groups excluding tert-OH is 2. The van der Waals surface area contributed by atoms with Crippen LogP contribution < -0.4 is 11.1 Å². The molecule has 0 bridgehead atoms. The number of amides is 1. The summed E-state index contributed by atoms with van der Waals surface area (Å²) in [6, 6.07) is 0.333. The summed E-state index contributed by atoms with van der Waals surface area (Å²) >= 11 is 6.86. The lowest BCUT2D eigenvalue weighted by atomic mass is 9.57. The van der Waals surface area contributed by atoms with Gasteiger partial charge in [0.25, 0.3) is 5.91 Å². The topological polar surface area (TPSA) is 173 Å². The van der Waals surface area contributed by atoms with Gasteiger partial charge in [-0.25, -0.2) is 0 Å². The number of nitrogens with two attached hydrogens (primary N) is 1. The molecule has 10 nitrogen and oxygen atoms in total. The van der Waals surface area contributed by atoms with Crippen LogP contribution in [0.1, 0.15) is 62.1 Å². The molecule has 0 saturated heterocycles. The summed E-state index contributed by atoms with van der Waals surface area (Å²) in [6.45, 7) is 2.58. The number of carbonyl (C=O) groups excluding carboxylic acids is 3. The molecule has 0 unspecified atom stereocenters. The Bertz CT molecular complexity index is 1380. The van der Waals surface area contributed by atoms with Crippen molar-refractivity contribution in [2.24, 2.45) is 17.6 Å². The Balaban J connectivity index is 1.59. The van der Waals surface area contributed by atoms with Crippen LogP contribution in [-0.4, -0.2) is 74.1 Å². The van der Waals surface area contributed by atoms with Crippen LogP contribution >= 0.6 is 11.6 Å². The predicted molar refractivity (Wildman–Crippen MR) is 148 cm³/mol. The lowest BCUT2D eigenvalue weighted by Crippen LogP contribution is -2.65. The number of ketones is 2. The van der Waals surface area contributed by atoms with E-state index in [1.165, 1.54) is 17.4 Å². The van der Waals surface area contributed by atoms with Gasteiger partial charge in [-0.1, -0.05) is 30.9 Å². The number of hydrogen-bond donors (Lipinski definition) is 6. The molecule has 0 heterocycles. The van der Waals surface area contributed by atoms with Gasteiger partial charge in [-0.2, -0.15) is 0 Å². The van der Waals surface area contributed by atoms with Crippen molar-refractivity contribution in [1.82, 2.24) is 10.2 Å². The fraction of sp³-hybridized carbons (Fsp3) is 0.552. The highest BCUT2D eigenvalue weighted by molar-refractivity contribution is 6.32. The zero-order valence-corrected chi connectivity index (χ0v) is 23.6. The molecular formula is C29H36ClN3O7. The summed E-state index contributed by atoms with van der Waals surface area (Å²) in [5.74, 6) is -6.81. The summed E-state index contributed by atoms with van der Waals surface area (Å²) in [6.07, 6.45) is 5.73. The molecule has 2 saturated carbocycles. The second kappa shape index (κ2) is 9.87. The van der Waals surface area contributed by atoms with Gasteiger partial charge in [0.1, 0.15) is 22.8 Å². The van der Waals surface area contributed by atoms with Gasteiger partial charge in [0.05, 0.1) is 11.6 Å². The number of nitrogens with zero attached hydrogens (tertiary/aromatic N) is 1. The average molecular weight is 574 g/mol. The summed E-state index contributed by atoms with van der Waals surface area (Å²) in [5.41, 5.74) is 2.74. The number of likely N-dealkylation sites (N-methyl/N-ethyl adjacent to an activating group) is 1. The third kappa shape index (κ3) is 4.15. The van der Waals surface area contributed by atoms with Gasteiger partial charge in [-0.3, -0.25) is 19.3 Å². The molecule has 0 radical (unpaired) electrons. The predicted octanol–water partition coefficient (Wildman–Crippen LogP) is 2.43. The average Bonchev–Trinajstić information content (AvgIpc) is 2.87. The van der Waals surface area contributed by atoms with Crippen molar-refractivity contribution in [3.8, 4) is 5.75 Å². The molecule has 11 heteroatoms. The van der Waals surface area contributed by atoms with E-state index in [-0.39, 0.29) is 35.3 Å². The van der Waals surface area contributed by atoms with Gasteiger partial charge >= 0.3 is 0 Å². The zero-order chi connectivity index (χ0) is 29.3. The molecule has 4 aliphatic carbocycles. The Morgan fingerprint density at radius 2 is 1.82 bits per heavy atom. The fourth-order valence-corrected chi connectivity index (χ4v) is 7.59. The number of fused-ring (bicyclic) bond motifs is 3. The van der Waals surface area contributed by atoms with Gasteiger partial charge in [0.2, 0.25) is 5.78 Å². The first kappa shape index (κ1) is 28.6. The lowest BCUT2D eigenvalue weighted by molar-refractivity contribution is -0.153. The zero-order valence-electron chi connectivity index (χ0n) is 22.9. The Hall–Kier alpha value is -2.92. The Labute approximate surface area is 237 Å². The molecule has 0 aliphatic heterocycles. The maximum absolute atomic E-state index is 13.9. The smallest absolute Gasteiger partial charge is 0.255 e. The molecule has 5 rings (SSSR count). The molecule has 1 amide bonds. The summed E-state index contributed by atoms with van der Waals surface area (Å²) in [5, 5.41) is 48.9. The van der Waals surface area contributed by atoms with Crippen molar-refractivity contribution in [2.75, 3.05) is 14.1 Å². The number of nitrogens with one attached hydrogen (secondary N) is 1. The maximum atomic E-state index is 13.9. The minimum Gasteiger partial charge on any atom is -0.508 e. The van der Waals surface area contributed by atoms with Crippen molar-refractivity contribution in [3.05, 3.63) is 44.7 Å². The Kier molecular flexibility index (Phi) is 7.06. The molecule has 216 valence electrons. The van der Waals surface area contributed by atoms with E-state index in [1.54, 1.807) is 14.1 Å². The van der Waals surface area contributed by atoms with Crippen molar-refractivity contribution in [3.63, 3.8) is 0 Å². The van der Waals surface area contributed by atoms with Gasteiger partial charge in [-0.15, -0.1) is 0 Å². The van der Waals surface area contributed by atoms with E-state index >= 15 is 0 Å². The van der Waals surface area contributed by atoms with E-state index < -0.39 is 58.0 Å². The number of phenolic OH excluding ortho intramolecular Hbond substituents is 1. The number of aromatic hydroxyl groups is 1. The second-order valence-corrected chi connectivity index (χ2v) is 12.5. The van der Waals surface area contributed by atoms with Gasteiger partial charge in [0, 0.05) is 28.6 Å². The van der Waals surface area contributed by atoms with Crippen LogP contribution in [0.3, 0.4) is 0 Å². The molecule has 0 aromatic heterocycles. The number of Topliss-reactive ketones (excluding diaryl/α,β-unsaturated/α-hetero) is 2. The Morgan fingerprint density at radius 3 is 2.42 bits per heavy atom. The molecule has 4 atom stereocenters. The second-order valence-electron chi connectivity index (χ2n) is 12.2. The molecule has 40 heavy (non-hydrogen) atoms. The minimum atomic E-state index is -2.66. The molecule has 7 N–H and O–H groups in total. The highest BCUT2D eigenvalue weighted by Gasteiger charge is 2.64. The van der Waals surface area contributed by atoms with E-state index in [0.717, 1.165) is 25.7 Å². The first-order valence-electron chi connectivity index (χ1n) is 13.7. The van der Waals surface area contributed by atoms with Crippen LogP contribution in [0.4, 0.5) is 0 Å². The van der Waals surface area contributed by atoms with Gasteiger partial charge in [0.15, 0.2) is 11.4 Å². The molecule has 1 aromatic carbocycles. The summed E-state index contributed by atoms with van der Waals surface area (Å²) < 4.78 is 0. The molecular weight excluding hydrogens is 538 g/mol. The van der Waals surface area contributed by atoms with E-state index in [9.17, 15) is 34.8 Å². The molecule has 4 aliphatic rings. The van der Waals surface area contributed by atoms with Crippen LogP contribution in [0.15, 0.2) is 23.0 Å². The number of primary amides is 1. The number of rotatable bonds is 5. The first-order chi connectivity index (χ1) is 18.7. The van der Waals surface area contributed by atoms with Gasteiger partial charge < -0.3 is 31.5 Å². The lowest BCUT2D eigenvalue weighted by Gasteiger charge is -2.50. The maximum Gasteiger partial charge on any atom is 0.255 e. The quantitative estimate of drug-likeness (QED) is 0.289. The number of phenols is 1. The van der Waals surface area contributed by atoms with Crippen LogP contribution in [0, 0.1) is 11.8 Å². The molecule has 1 aromatic rings. The highest BCUT2D eigenvalue weighted by Crippen LogP contribution is 2.53. The number of carbonyl (C=O) groups is 3. The van der Waals surface area contributed by atoms with Crippen LogP contribution in [-0.2, 0) is 27.3 Å². The van der Waals surface area contributed by atoms with Crippen molar-refractivity contribution in [1.29, 1.82) is 0 Å². The third-order valence-corrected chi connectivity index (χ3v) is 9.86. The van der Waals surface area contributed by atoms with Crippen molar-refractivity contribution in [2.45, 2.75) is 75.6 Å². The Morgan fingerprint density at radius 1 is 1.18 bits per heavy atom. The van der Waals surface area contributed by atoms with Gasteiger partial charge in [-0.05, 0) is 69.8 Å². The third-order valence-electron chi connectivity index (χ3n) is 9.39.